The molecular weight excluding hydrogens is 743 g/mol. The first kappa shape index (κ1) is 39.2. The fraction of sp³-hybridized carbons (Fsp3) is 0. The lowest BCUT2D eigenvalue weighted by atomic mass is 10.1. The summed E-state index contributed by atoms with van der Waals surface area (Å²) < 4.78 is 131. The van der Waals surface area contributed by atoms with Gasteiger partial charge in [0.2, 0.25) is 0 Å². The summed E-state index contributed by atoms with van der Waals surface area (Å²) in [4.78, 5) is -2.77. The SMILES string of the molecule is C=C/C(=C\C=C/C=C(\C=C/C(=C)/N=N\c1ccc(S(=O)(=O)O)cc1)/N=N\c1c(S(=O)(=O)O)cc2cc(S(=O)(=O)O)c(N)cc2c1O)S(=O)(=O)O. The molecule has 0 atom stereocenters. The number of nitrogens with zero attached hydrogens (tertiary/aromatic N) is 4. The molecule has 0 bridgehead atoms. The van der Waals surface area contributed by atoms with Gasteiger partial charge in [0.05, 0.1) is 32.6 Å². The molecule has 3 aromatic carbocycles. The van der Waals surface area contributed by atoms with Crippen LogP contribution in [-0.2, 0) is 40.5 Å². The van der Waals surface area contributed by atoms with Gasteiger partial charge in [-0.3, -0.25) is 18.2 Å². The van der Waals surface area contributed by atoms with E-state index in [2.05, 4.69) is 33.6 Å². The van der Waals surface area contributed by atoms with E-state index in [-0.39, 0.29) is 32.7 Å². The molecule has 50 heavy (non-hydrogen) atoms. The summed E-state index contributed by atoms with van der Waals surface area (Å²) in [6.45, 7) is 6.94. The van der Waals surface area contributed by atoms with Gasteiger partial charge in [-0.2, -0.15) is 49.0 Å². The Labute approximate surface area is 285 Å². The van der Waals surface area contributed by atoms with E-state index in [1.54, 1.807) is 0 Å². The molecule has 3 rings (SSSR count). The average Bonchev–Trinajstić information content (AvgIpc) is 2.99. The van der Waals surface area contributed by atoms with Gasteiger partial charge in [0, 0.05) is 5.39 Å². The number of azo groups is 2. The molecule has 0 radical (unpaired) electrons. The smallest absolute Gasteiger partial charge is 0.296 e. The number of nitrogen functional groups attached to an aromatic ring is 1. The summed E-state index contributed by atoms with van der Waals surface area (Å²) in [6, 6.07) is 7.05. The maximum atomic E-state index is 12.2. The Kier molecular flexibility index (Phi) is 11.9. The molecule has 0 aliphatic carbocycles. The van der Waals surface area contributed by atoms with E-state index in [1.807, 2.05) is 0 Å². The second-order valence-electron chi connectivity index (χ2n) is 9.55. The van der Waals surface area contributed by atoms with E-state index >= 15 is 0 Å². The molecule has 0 unspecified atom stereocenters. The maximum Gasteiger partial charge on any atom is 0.296 e. The minimum Gasteiger partial charge on any atom is -0.505 e. The molecule has 0 aromatic heterocycles. The number of phenolic OH excluding ortho intramolecular Hbond substituents is 1. The molecule has 0 aliphatic rings. The summed E-state index contributed by atoms with van der Waals surface area (Å²) in [5.74, 6) is -0.920. The Balaban J connectivity index is 2.12. The third-order valence-corrected chi connectivity index (χ3v) is 9.56. The zero-order valence-electron chi connectivity index (χ0n) is 25.0. The molecule has 0 amide bonds. The minimum atomic E-state index is -5.17. The van der Waals surface area contributed by atoms with Gasteiger partial charge in [0.1, 0.15) is 15.5 Å². The molecule has 0 fully saturated rings. The van der Waals surface area contributed by atoms with Crippen LogP contribution in [0.15, 0.2) is 150 Å². The van der Waals surface area contributed by atoms with Crippen LogP contribution in [0, 0.1) is 0 Å². The van der Waals surface area contributed by atoms with Crippen molar-refractivity contribution in [1.29, 1.82) is 0 Å². The summed E-state index contributed by atoms with van der Waals surface area (Å²) in [7, 11) is -19.1. The van der Waals surface area contributed by atoms with Crippen LogP contribution in [-0.4, -0.2) is 57.0 Å². The highest BCUT2D eigenvalue weighted by Crippen LogP contribution is 2.43. The predicted molar refractivity (Wildman–Crippen MR) is 180 cm³/mol. The fourth-order valence-electron chi connectivity index (χ4n) is 3.72. The number of allylic oxidation sites excluding steroid dienone is 7. The lowest BCUT2D eigenvalue weighted by Crippen LogP contribution is -2.04. The maximum absolute atomic E-state index is 12.2. The summed E-state index contributed by atoms with van der Waals surface area (Å²) >= 11 is 0. The van der Waals surface area contributed by atoms with E-state index in [4.69, 9.17) is 10.3 Å². The molecule has 3 aromatic rings. The predicted octanol–water partition coefficient (Wildman–Crippen LogP) is 5.20. The highest BCUT2D eigenvalue weighted by molar-refractivity contribution is 7.90. The standard InChI is InChI=1S/C28H25N5O13S4/c1-3-21(47(35,36)37)7-5-4-6-19(9-8-17(2)30-31-20-10-12-22(13-11-20)48(38,39)40)32-33-27-26(50(44,45)46)15-18-14-25(49(41,42)43)24(29)16-23(18)28(27)34/h3-16,34H,1-2,29H2,(H,35,36,37)(H,38,39,40)(H,41,42,43)(H,44,45,46)/b5-4-,9-8-,19-6+,21-7+,31-30-,33-32-. The van der Waals surface area contributed by atoms with Crippen molar-refractivity contribution in [1.82, 2.24) is 0 Å². The van der Waals surface area contributed by atoms with Crippen molar-refractivity contribution in [3.05, 3.63) is 114 Å². The van der Waals surface area contributed by atoms with Crippen LogP contribution in [0.3, 0.4) is 0 Å². The number of fused-ring (bicyclic) bond motifs is 1. The van der Waals surface area contributed by atoms with Crippen LogP contribution < -0.4 is 5.73 Å². The normalized spacial score (nSPS) is 14.1. The number of phenols is 1. The monoisotopic (exact) mass is 767 g/mol. The van der Waals surface area contributed by atoms with Crippen molar-refractivity contribution in [3.63, 3.8) is 0 Å². The highest BCUT2D eigenvalue weighted by Gasteiger charge is 2.24. The molecule has 0 heterocycles. The molecule has 0 saturated carbocycles. The summed E-state index contributed by atoms with van der Waals surface area (Å²) in [6.07, 6.45) is 7.77. The lowest BCUT2D eigenvalue weighted by molar-refractivity contribution is 0.472. The third-order valence-electron chi connectivity index (χ3n) is 6.02. The molecule has 7 N–H and O–H groups in total. The van der Waals surface area contributed by atoms with Crippen molar-refractivity contribution < 1.29 is 57.0 Å². The molecule has 18 nitrogen and oxygen atoms in total. The molecular formula is C28H25N5O13S4. The minimum absolute atomic E-state index is 0.0357. The first-order valence-corrected chi connectivity index (χ1v) is 18.8. The van der Waals surface area contributed by atoms with Gasteiger partial charge in [-0.15, -0.1) is 5.11 Å². The molecule has 22 heteroatoms. The second kappa shape index (κ2) is 15.1. The molecule has 264 valence electrons. The van der Waals surface area contributed by atoms with Crippen LogP contribution in [0.5, 0.6) is 5.75 Å². The zero-order valence-corrected chi connectivity index (χ0v) is 28.3. The Bertz CT molecular complexity index is 2520. The van der Waals surface area contributed by atoms with Gasteiger partial charge in [0.15, 0.2) is 5.75 Å². The Morgan fingerprint density at radius 3 is 1.86 bits per heavy atom. The highest BCUT2D eigenvalue weighted by atomic mass is 32.2. The third kappa shape index (κ3) is 10.4. The Morgan fingerprint density at radius 2 is 1.32 bits per heavy atom. The van der Waals surface area contributed by atoms with Gasteiger partial charge in [-0.25, -0.2) is 0 Å². The van der Waals surface area contributed by atoms with Gasteiger partial charge in [0.25, 0.3) is 40.5 Å². The van der Waals surface area contributed by atoms with Crippen LogP contribution >= 0.6 is 0 Å². The number of hydrogen-bond donors (Lipinski definition) is 6. The average molecular weight is 768 g/mol. The number of nitrogens with two attached hydrogens (primary N) is 1. The van der Waals surface area contributed by atoms with Crippen molar-refractivity contribution in [2.75, 3.05) is 5.73 Å². The van der Waals surface area contributed by atoms with Gasteiger partial charge < -0.3 is 10.8 Å². The van der Waals surface area contributed by atoms with Crippen LogP contribution in [0.2, 0.25) is 0 Å². The number of rotatable bonds is 13. The van der Waals surface area contributed by atoms with Crippen molar-refractivity contribution >= 4 is 68.3 Å². The number of anilines is 1. The van der Waals surface area contributed by atoms with Crippen molar-refractivity contribution in [2.45, 2.75) is 14.7 Å². The topological polar surface area (TPSA) is 313 Å². The largest absolute Gasteiger partial charge is 0.505 e. The first-order chi connectivity index (χ1) is 23.0. The van der Waals surface area contributed by atoms with Crippen LogP contribution in [0.25, 0.3) is 10.8 Å². The number of benzene rings is 3. The van der Waals surface area contributed by atoms with Crippen molar-refractivity contribution in [2.24, 2.45) is 20.5 Å². The van der Waals surface area contributed by atoms with E-state index in [0.717, 1.165) is 48.6 Å². The lowest BCUT2D eigenvalue weighted by Gasteiger charge is -2.11. The molecule has 0 aliphatic heterocycles. The second-order valence-corrected chi connectivity index (χ2v) is 15.2. The number of aromatic hydroxyl groups is 1. The molecule has 0 spiro atoms. The van der Waals surface area contributed by atoms with Crippen molar-refractivity contribution in [3.8, 4) is 5.75 Å². The van der Waals surface area contributed by atoms with Gasteiger partial charge >= 0.3 is 0 Å². The van der Waals surface area contributed by atoms with Gasteiger partial charge in [-0.1, -0.05) is 25.3 Å². The summed E-state index contributed by atoms with van der Waals surface area (Å²) in [5, 5.41) is 25.7. The first-order valence-electron chi connectivity index (χ1n) is 13.0. The number of hydrogen-bond acceptors (Lipinski definition) is 14. The van der Waals surface area contributed by atoms with Crippen LogP contribution in [0.1, 0.15) is 0 Å². The quantitative estimate of drug-likeness (QED) is 0.0563. The van der Waals surface area contributed by atoms with E-state index < -0.39 is 72.3 Å². The van der Waals surface area contributed by atoms with E-state index in [0.29, 0.717) is 0 Å². The summed E-state index contributed by atoms with van der Waals surface area (Å²) in [5.41, 5.74) is 4.31. The van der Waals surface area contributed by atoms with E-state index in [1.165, 1.54) is 36.4 Å². The van der Waals surface area contributed by atoms with E-state index in [9.17, 15) is 52.4 Å². The molecule has 0 saturated heterocycles. The Morgan fingerprint density at radius 1 is 0.740 bits per heavy atom. The Hall–Kier alpha value is -5.20. The fourth-order valence-corrected chi connectivity index (χ4v) is 5.95. The van der Waals surface area contributed by atoms with Gasteiger partial charge in [-0.05, 0) is 78.2 Å². The van der Waals surface area contributed by atoms with Crippen LogP contribution in [0.4, 0.5) is 17.1 Å². The zero-order chi connectivity index (χ0) is 37.7.